The van der Waals surface area contributed by atoms with Crippen LogP contribution in [0, 0.1) is 6.92 Å². The molecule has 7 heteroatoms. The van der Waals surface area contributed by atoms with E-state index in [0.717, 1.165) is 29.0 Å². The van der Waals surface area contributed by atoms with Crippen LogP contribution in [0.5, 0.6) is 5.75 Å². The van der Waals surface area contributed by atoms with Gasteiger partial charge in [-0.3, -0.25) is 9.59 Å². The van der Waals surface area contributed by atoms with Crippen LogP contribution in [0.25, 0.3) is 11.3 Å². The molecule has 27 heavy (non-hydrogen) atoms. The van der Waals surface area contributed by atoms with Gasteiger partial charge in [0.1, 0.15) is 5.75 Å². The standard InChI is InChI=1S/C20H23N3O3S/c1-4-6-7-17(24)21-20-22-19(13(3)27-20)14-8-9-16-15(11-14)23(10-5-2)18(25)12-26-16/h5,8-9,11H,2,4,6-7,10,12H2,1,3H3,(H,21,22,24). The highest BCUT2D eigenvalue weighted by molar-refractivity contribution is 7.16. The molecule has 0 bridgehead atoms. The molecule has 2 heterocycles. The van der Waals surface area contributed by atoms with Crippen molar-refractivity contribution in [2.45, 2.75) is 33.1 Å². The SMILES string of the molecule is C=CCN1C(=O)COc2ccc(-c3nc(NC(=O)CCCC)sc3C)cc21. The molecule has 6 nitrogen and oxygen atoms in total. The van der Waals surface area contributed by atoms with Crippen LogP contribution in [0.1, 0.15) is 31.1 Å². The Labute approximate surface area is 162 Å². The smallest absolute Gasteiger partial charge is 0.265 e. The molecule has 0 spiro atoms. The summed E-state index contributed by atoms with van der Waals surface area (Å²) in [6, 6.07) is 5.68. The number of nitrogens with one attached hydrogen (secondary N) is 1. The van der Waals surface area contributed by atoms with E-state index in [4.69, 9.17) is 4.74 Å². The third-order valence-electron chi connectivity index (χ3n) is 4.29. The second-order valence-electron chi connectivity index (χ2n) is 6.34. The van der Waals surface area contributed by atoms with Gasteiger partial charge in [-0.15, -0.1) is 17.9 Å². The van der Waals surface area contributed by atoms with Gasteiger partial charge in [-0.2, -0.15) is 0 Å². The van der Waals surface area contributed by atoms with E-state index < -0.39 is 0 Å². The lowest BCUT2D eigenvalue weighted by Crippen LogP contribution is -2.38. The van der Waals surface area contributed by atoms with Crippen molar-refractivity contribution < 1.29 is 14.3 Å². The summed E-state index contributed by atoms with van der Waals surface area (Å²) >= 11 is 1.45. The lowest BCUT2D eigenvalue weighted by molar-refractivity contribution is -0.121. The minimum absolute atomic E-state index is 0.0151. The van der Waals surface area contributed by atoms with Gasteiger partial charge in [-0.05, 0) is 31.5 Å². The summed E-state index contributed by atoms with van der Waals surface area (Å²) < 4.78 is 5.53. The van der Waals surface area contributed by atoms with Crippen molar-refractivity contribution in [2.75, 3.05) is 23.4 Å². The molecule has 1 N–H and O–H groups in total. The Bertz CT molecular complexity index is 875. The van der Waals surface area contributed by atoms with E-state index in [2.05, 4.69) is 23.8 Å². The molecule has 0 saturated heterocycles. The molecule has 3 rings (SSSR count). The molecular formula is C20H23N3O3S. The molecule has 0 aliphatic carbocycles. The average Bonchev–Trinajstić information content (AvgIpc) is 3.02. The maximum absolute atomic E-state index is 12.2. The van der Waals surface area contributed by atoms with Crippen molar-refractivity contribution >= 4 is 34.0 Å². The normalized spacial score (nSPS) is 13.1. The van der Waals surface area contributed by atoms with Gasteiger partial charge in [0.25, 0.3) is 5.91 Å². The van der Waals surface area contributed by atoms with Crippen LogP contribution < -0.4 is 15.0 Å². The number of amides is 2. The van der Waals surface area contributed by atoms with Crippen LogP contribution in [-0.2, 0) is 9.59 Å². The van der Waals surface area contributed by atoms with Crippen molar-refractivity contribution in [3.05, 3.63) is 35.7 Å². The molecule has 1 aromatic carbocycles. The first-order chi connectivity index (χ1) is 13.0. The monoisotopic (exact) mass is 385 g/mol. The quantitative estimate of drug-likeness (QED) is 0.727. The number of thiazole rings is 1. The van der Waals surface area contributed by atoms with Gasteiger partial charge >= 0.3 is 0 Å². The van der Waals surface area contributed by atoms with Crippen LogP contribution >= 0.6 is 11.3 Å². The fraction of sp³-hybridized carbons (Fsp3) is 0.350. The highest BCUT2D eigenvalue weighted by Gasteiger charge is 2.25. The third kappa shape index (κ3) is 4.19. The molecule has 1 aliphatic heterocycles. The minimum atomic E-state index is -0.0987. The average molecular weight is 385 g/mol. The van der Waals surface area contributed by atoms with Crippen molar-refractivity contribution in [3.8, 4) is 17.0 Å². The van der Waals surface area contributed by atoms with Gasteiger partial charge in [-0.25, -0.2) is 4.98 Å². The number of carbonyl (C=O) groups is 2. The second-order valence-corrected chi connectivity index (χ2v) is 7.54. The summed E-state index contributed by atoms with van der Waals surface area (Å²) in [5.74, 6) is 0.554. The van der Waals surface area contributed by atoms with E-state index in [-0.39, 0.29) is 18.4 Å². The number of nitrogens with zero attached hydrogens (tertiary/aromatic N) is 2. The number of hydrogen-bond acceptors (Lipinski definition) is 5. The number of fused-ring (bicyclic) bond motifs is 1. The highest BCUT2D eigenvalue weighted by atomic mass is 32.1. The zero-order valence-corrected chi connectivity index (χ0v) is 16.4. The van der Waals surface area contributed by atoms with E-state index in [9.17, 15) is 9.59 Å². The molecule has 2 amide bonds. The molecule has 0 fully saturated rings. The first kappa shape index (κ1) is 19.1. The van der Waals surface area contributed by atoms with E-state index in [1.807, 2.05) is 25.1 Å². The molecule has 0 unspecified atom stereocenters. The Hall–Kier alpha value is -2.67. The molecule has 0 radical (unpaired) electrons. The second kappa shape index (κ2) is 8.35. The lowest BCUT2D eigenvalue weighted by atomic mass is 10.1. The summed E-state index contributed by atoms with van der Waals surface area (Å²) in [4.78, 5) is 31.4. The van der Waals surface area contributed by atoms with Crippen LogP contribution in [0.3, 0.4) is 0 Å². The lowest BCUT2D eigenvalue weighted by Gasteiger charge is -2.28. The van der Waals surface area contributed by atoms with Gasteiger partial charge in [0.15, 0.2) is 11.7 Å². The number of anilines is 2. The van der Waals surface area contributed by atoms with Crippen molar-refractivity contribution in [1.82, 2.24) is 4.98 Å². The zero-order valence-electron chi connectivity index (χ0n) is 15.6. The zero-order chi connectivity index (χ0) is 19.4. The molecule has 2 aromatic rings. The Morgan fingerprint density at radius 3 is 3.04 bits per heavy atom. The predicted molar refractivity (Wildman–Crippen MR) is 108 cm³/mol. The van der Waals surface area contributed by atoms with Crippen LogP contribution in [-0.4, -0.2) is 29.9 Å². The van der Waals surface area contributed by atoms with Gasteiger partial charge in [0.05, 0.1) is 11.4 Å². The van der Waals surface area contributed by atoms with Crippen molar-refractivity contribution in [2.24, 2.45) is 0 Å². The van der Waals surface area contributed by atoms with Crippen LogP contribution in [0.4, 0.5) is 10.8 Å². The maximum Gasteiger partial charge on any atom is 0.265 e. The number of carbonyl (C=O) groups excluding carboxylic acids is 2. The number of hydrogen-bond donors (Lipinski definition) is 1. The van der Waals surface area contributed by atoms with Gasteiger partial charge in [0, 0.05) is 23.4 Å². The Kier molecular flexibility index (Phi) is 5.91. The molecule has 142 valence electrons. The van der Waals surface area contributed by atoms with Gasteiger partial charge in [0.2, 0.25) is 5.91 Å². The van der Waals surface area contributed by atoms with E-state index in [1.165, 1.54) is 11.3 Å². The maximum atomic E-state index is 12.2. The first-order valence-corrected chi connectivity index (χ1v) is 9.81. The molecule has 0 atom stereocenters. The number of ether oxygens (including phenoxy) is 1. The number of aryl methyl sites for hydroxylation is 1. The Morgan fingerprint density at radius 1 is 1.48 bits per heavy atom. The molecular weight excluding hydrogens is 362 g/mol. The van der Waals surface area contributed by atoms with Crippen LogP contribution in [0.15, 0.2) is 30.9 Å². The predicted octanol–water partition coefficient (Wildman–Crippen LogP) is 4.16. The summed E-state index contributed by atoms with van der Waals surface area (Å²) in [5, 5.41) is 3.47. The number of unbranched alkanes of at least 4 members (excludes halogenated alkanes) is 1. The number of benzene rings is 1. The largest absolute Gasteiger partial charge is 0.482 e. The number of rotatable bonds is 7. The molecule has 0 saturated carbocycles. The van der Waals surface area contributed by atoms with E-state index >= 15 is 0 Å². The Morgan fingerprint density at radius 2 is 2.30 bits per heavy atom. The van der Waals surface area contributed by atoms with Crippen molar-refractivity contribution in [1.29, 1.82) is 0 Å². The summed E-state index contributed by atoms with van der Waals surface area (Å²) in [5.41, 5.74) is 2.39. The van der Waals surface area contributed by atoms with E-state index in [1.54, 1.807) is 11.0 Å². The van der Waals surface area contributed by atoms with Gasteiger partial charge < -0.3 is 15.0 Å². The third-order valence-corrected chi connectivity index (χ3v) is 5.17. The highest BCUT2D eigenvalue weighted by Crippen LogP contribution is 2.38. The molecule has 1 aromatic heterocycles. The minimum Gasteiger partial charge on any atom is -0.482 e. The fourth-order valence-corrected chi connectivity index (χ4v) is 3.77. The Balaban J connectivity index is 1.88. The summed E-state index contributed by atoms with van der Waals surface area (Å²) in [6.07, 6.45) is 4.03. The topological polar surface area (TPSA) is 71.5 Å². The first-order valence-electron chi connectivity index (χ1n) is 8.99. The van der Waals surface area contributed by atoms with E-state index in [0.29, 0.717) is 29.5 Å². The summed E-state index contributed by atoms with van der Waals surface area (Å²) in [7, 11) is 0. The van der Waals surface area contributed by atoms with Crippen molar-refractivity contribution in [3.63, 3.8) is 0 Å². The fourth-order valence-electron chi connectivity index (χ4n) is 2.92. The van der Waals surface area contributed by atoms with Gasteiger partial charge in [-0.1, -0.05) is 19.4 Å². The molecule has 1 aliphatic rings. The number of aromatic nitrogens is 1. The van der Waals surface area contributed by atoms with Crippen LogP contribution in [0.2, 0.25) is 0 Å². The summed E-state index contributed by atoms with van der Waals surface area (Å²) in [6.45, 7) is 8.20.